The number of benzene rings is 1. The predicted octanol–water partition coefficient (Wildman–Crippen LogP) is 2.29. The van der Waals surface area contributed by atoms with Gasteiger partial charge in [-0.3, -0.25) is 0 Å². The van der Waals surface area contributed by atoms with Gasteiger partial charge < -0.3 is 15.7 Å². The average Bonchev–Trinajstić information content (AvgIpc) is 2.49. The van der Waals surface area contributed by atoms with Gasteiger partial charge in [0.05, 0.1) is 11.4 Å². The number of fused-ring (bicyclic) bond motifs is 1. The standard InChI is InChI=1S/C14H16N4OS/c1-20-14-17-11-8-15-7-6-9(11)13(18-14)16-10-4-2-3-5-12(10)19/h2-5,15,19H,6-8H2,1H3,(H,16,17,18). The topological polar surface area (TPSA) is 70.1 Å². The molecule has 1 aliphatic rings. The van der Waals surface area contributed by atoms with Crippen LogP contribution in [0.5, 0.6) is 5.75 Å². The molecule has 0 atom stereocenters. The van der Waals surface area contributed by atoms with Crippen LogP contribution in [0, 0.1) is 0 Å². The molecule has 0 fully saturated rings. The number of anilines is 2. The van der Waals surface area contributed by atoms with Gasteiger partial charge >= 0.3 is 0 Å². The molecule has 104 valence electrons. The van der Waals surface area contributed by atoms with Gasteiger partial charge in [-0.15, -0.1) is 0 Å². The van der Waals surface area contributed by atoms with Gasteiger partial charge in [0, 0.05) is 12.1 Å². The van der Waals surface area contributed by atoms with E-state index >= 15 is 0 Å². The van der Waals surface area contributed by atoms with Gasteiger partial charge in [0.15, 0.2) is 5.16 Å². The Kier molecular flexibility index (Phi) is 3.75. The summed E-state index contributed by atoms with van der Waals surface area (Å²) in [5, 5.41) is 17.2. The molecule has 1 aliphatic heterocycles. The average molecular weight is 288 g/mol. The number of phenolic OH excluding ortho intramolecular Hbond substituents is 1. The largest absolute Gasteiger partial charge is 0.506 e. The normalized spacial score (nSPS) is 13.8. The molecule has 0 amide bonds. The van der Waals surface area contributed by atoms with Crippen LogP contribution in [-0.2, 0) is 13.0 Å². The first-order valence-corrected chi connectivity index (χ1v) is 7.70. The molecule has 2 aromatic rings. The van der Waals surface area contributed by atoms with Crippen molar-refractivity contribution in [3.8, 4) is 5.75 Å². The Bertz CT molecular complexity index is 633. The molecule has 3 rings (SSSR count). The van der Waals surface area contributed by atoms with Crippen molar-refractivity contribution in [3.05, 3.63) is 35.5 Å². The van der Waals surface area contributed by atoms with E-state index in [1.165, 1.54) is 11.8 Å². The molecular formula is C14H16N4OS. The van der Waals surface area contributed by atoms with Crippen LogP contribution in [0.15, 0.2) is 29.4 Å². The molecule has 0 unspecified atom stereocenters. The van der Waals surface area contributed by atoms with Crippen LogP contribution in [0.3, 0.4) is 0 Å². The van der Waals surface area contributed by atoms with Crippen LogP contribution in [-0.4, -0.2) is 27.9 Å². The zero-order valence-electron chi connectivity index (χ0n) is 11.2. The highest BCUT2D eigenvalue weighted by molar-refractivity contribution is 7.98. The minimum absolute atomic E-state index is 0.222. The SMILES string of the molecule is CSc1nc2c(c(Nc3ccccc3O)n1)CCNC2. The van der Waals surface area contributed by atoms with Gasteiger partial charge in [0.1, 0.15) is 11.6 Å². The van der Waals surface area contributed by atoms with Gasteiger partial charge in [0.25, 0.3) is 0 Å². The summed E-state index contributed by atoms with van der Waals surface area (Å²) in [6.07, 6.45) is 2.85. The van der Waals surface area contributed by atoms with E-state index < -0.39 is 0 Å². The van der Waals surface area contributed by atoms with Crippen molar-refractivity contribution in [1.82, 2.24) is 15.3 Å². The first-order chi connectivity index (χ1) is 9.78. The Morgan fingerprint density at radius 1 is 1.30 bits per heavy atom. The lowest BCUT2D eigenvalue weighted by Gasteiger charge is -2.20. The lowest BCUT2D eigenvalue weighted by atomic mass is 10.1. The number of nitrogens with one attached hydrogen (secondary N) is 2. The predicted molar refractivity (Wildman–Crippen MR) is 80.6 cm³/mol. The summed E-state index contributed by atoms with van der Waals surface area (Å²) in [6, 6.07) is 7.18. The van der Waals surface area contributed by atoms with Crippen molar-refractivity contribution in [2.75, 3.05) is 18.1 Å². The first kappa shape index (κ1) is 13.2. The molecule has 1 aromatic carbocycles. The van der Waals surface area contributed by atoms with Crippen molar-refractivity contribution >= 4 is 23.3 Å². The molecule has 5 nitrogen and oxygen atoms in total. The minimum atomic E-state index is 0.222. The third-order valence-corrected chi connectivity index (χ3v) is 3.80. The van der Waals surface area contributed by atoms with Crippen LogP contribution in [0.4, 0.5) is 11.5 Å². The molecule has 0 spiro atoms. The molecule has 0 aliphatic carbocycles. The van der Waals surface area contributed by atoms with E-state index in [2.05, 4.69) is 20.6 Å². The zero-order chi connectivity index (χ0) is 13.9. The first-order valence-electron chi connectivity index (χ1n) is 6.47. The van der Waals surface area contributed by atoms with E-state index in [9.17, 15) is 5.11 Å². The summed E-state index contributed by atoms with van der Waals surface area (Å²) in [5.74, 6) is 1.02. The molecule has 0 saturated heterocycles. The minimum Gasteiger partial charge on any atom is -0.506 e. The van der Waals surface area contributed by atoms with E-state index in [4.69, 9.17) is 0 Å². The van der Waals surface area contributed by atoms with Crippen molar-refractivity contribution in [3.63, 3.8) is 0 Å². The van der Waals surface area contributed by atoms with Crippen molar-refractivity contribution < 1.29 is 5.11 Å². The summed E-state index contributed by atoms with van der Waals surface area (Å²) >= 11 is 1.52. The van der Waals surface area contributed by atoms with Crippen LogP contribution in [0.2, 0.25) is 0 Å². The fourth-order valence-electron chi connectivity index (χ4n) is 2.24. The van der Waals surface area contributed by atoms with E-state index in [1.807, 2.05) is 18.4 Å². The smallest absolute Gasteiger partial charge is 0.189 e. The summed E-state index contributed by atoms with van der Waals surface area (Å²) in [6.45, 7) is 1.69. The Morgan fingerprint density at radius 2 is 2.15 bits per heavy atom. The third kappa shape index (κ3) is 2.57. The van der Waals surface area contributed by atoms with Gasteiger partial charge in [-0.25, -0.2) is 9.97 Å². The highest BCUT2D eigenvalue weighted by Crippen LogP contribution is 2.29. The third-order valence-electron chi connectivity index (χ3n) is 3.26. The highest BCUT2D eigenvalue weighted by atomic mass is 32.2. The van der Waals surface area contributed by atoms with Gasteiger partial charge in [-0.05, 0) is 31.4 Å². The number of hydrogen-bond donors (Lipinski definition) is 3. The van der Waals surface area contributed by atoms with E-state index in [0.717, 1.165) is 41.7 Å². The fraction of sp³-hybridized carbons (Fsp3) is 0.286. The second-order valence-corrected chi connectivity index (χ2v) is 5.33. The molecular weight excluding hydrogens is 272 g/mol. The Labute approximate surface area is 121 Å². The van der Waals surface area contributed by atoms with E-state index in [0.29, 0.717) is 5.69 Å². The summed E-state index contributed by atoms with van der Waals surface area (Å²) < 4.78 is 0. The summed E-state index contributed by atoms with van der Waals surface area (Å²) in [7, 11) is 0. The molecule has 0 saturated carbocycles. The molecule has 20 heavy (non-hydrogen) atoms. The van der Waals surface area contributed by atoms with E-state index in [-0.39, 0.29) is 5.75 Å². The monoisotopic (exact) mass is 288 g/mol. The highest BCUT2D eigenvalue weighted by Gasteiger charge is 2.18. The van der Waals surface area contributed by atoms with Crippen molar-refractivity contribution in [1.29, 1.82) is 0 Å². The van der Waals surface area contributed by atoms with Crippen molar-refractivity contribution in [2.45, 2.75) is 18.1 Å². The molecule has 2 heterocycles. The zero-order valence-corrected chi connectivity index (χ0v) is 12.0. The number of para-hydroxylation sites is 2. The second kappa shape index (κ2) is 5.68. The maximum Gasteiger partial charge on any atom is 0.189 e. The number of phenols is 1. The second-order valence-electron chi connectivity index (χ2n) is 4.55. The van der Waals surface area contributed by atoms with Crippen LogP contribution in [0.25, 0.3) is 0 Å². The number of aromatic hydroxyl groups is 1. The van der Waals surface area contributed by atoms with Crippen molar-refractivity contribution in [2.24, 2.45) is 0 Å². The van der Waals surface area contributed by atoms with E-state index in [1.54, 1.807) is 12.1 Å². The van der Waals surface area contributed by atoms with Crippen LogP contribution >= 0.6 is 11.8 Å². The Morgan fingerprint density at radius 3 is 2.95 bits per heavy atom. The van der Waals surface area contributed by atoms with Crippen LogP contribution < -0.4 is 10.6 Å². The van der Waals surface area contributed by atoms with Crippen LogP contribution in [0.1, 0.15) is 11.3 Å². The van der Waals surface area contributed by atoms with Gasteiger partial charge in [-0.1, -0.05) is 23.9 Å². The Balaban J connectivity index is 2.02. The number of thioether (sulfide) groups is 1. The lowest BCUT2D eigenvalue weighted by Crippen LogP contribution is -2.26. The number of nitrogens with zero attached hydrogens (tertiary/aromatic N) is 2. The molecule has 0 bridgehead atoms. The van der Waals surface area contributed by atoms with Gasteiger partial charge in [0.2, 0.25) is 0 Å². The number of rotatable bonds is 3. The lowest BCUT2D eigenvalue weighted by molar-refractivity contribution is 0.477. The quantitative estimate of drug-likeness (QED) is 0.457. The molecule has 6 heteroatoms. The molecule has 1 aromatic heterocycles. The fourth-order valence-corrected chi connectivity index (χ4v) is 2.62. The number of hydrogen-bond acceptors (Lipinski definition) is 6. The molecule has 0 radical (unpaired) electrons. The summed E-state index contributed by atoms with van der Waals surface area (Å²) in [4.78, 5) is 9.09. The number of aromatic nitrogens is 2. The Hall–Kier alpha value is -1.79. The summed E-state index contributed by atoms with van der Waals surface area (Å²) in [5.41, 5.74) is 2.83. The van der Waals surface area contributed by atoms with Gasteiger partial charge in [-0.2, -0.15) is 0 Å². The maximum absolute atomic E-state index is 9.88. The maximum atomic E-state index is 9.88. The molecule has 3 N–H and O–H groups in total.